The first-order valence-electron chi connectivity index (χ1n) is 13.0. The van der Waals surface area contributed by atoms with Gasteiger partial charge in [-0.05, 0) is 62.7 Å². The number of amides is 1. The Morgan fingerprint density at radius 3 is 2.74 bits per heavy atom. The number of pyridine rings is 1. The molecule has 0 radical (unpaired) electrons. The van der Waals surface area contributed by atoms with Crippen LogP contribution in [0.4, 0.5) is 5.69 Å². The van der Waals surface area contributed by atoms with Crippen molar-refractivity contribution in [2.45, 2.75) is 32.6 Å². The molecule has 194 valence electrons. The van der Waals surface area contributed by atoms with Crippen LogP contribution in [0.1, 0.15) is 41.2 Å². The molecule has 1 saturated heterocycles. The maximum atomic E-state index is 13.2. The average Bonchev–Trinajstić information content (AvgIpc) is 3.69. The molecule has 1 aliphatic heterocycles. The molecule has 0 spiro atoms. The van der Waals surface area contributed by atoms with Crippen LogP contribution in [0.25, 0.3) is 28.3 Å². The van der Waals surface area contributed by atoms with Crippen molar-refractivity contribution in [2.24, 2.45) is 7.05 Å². The van der Waals surface area contributed by atoms with E-state index in [1.807, 2.05) is 62.8 Å². The fraction of sp³-hybridized carbons (Fsp3) is 0.321. The van der Waals surface area contributed by atoms with Crippen LogP contribution < -0.4 is 5.32 Å². The molecular weight excluding hydrogens is 480 g/mol. The molecule has 5 aromatic rings. The molecule has 0 saturated carbocycles. The van der Waals surface area contributed by atoms with Crippen molar-refractivity contribution in [1.29, 1.82) is 0 Å². The average molecular weight is 511 g/mol. The van der Waals surface area contributed by atoms with Gasteiger partial charge in [0.05, 0.1) is 11.9 Å². The Labute approximate surface area is 220 Å². The number of aryl methyl sites for hydroxylation is 2. The third-order valence-electron chi connectivity index (χ3n) is 7.06. The topological polar surface area (TPSA) is 106 Å². The molecular formula is C28H30N8O2. The van der Waals surface area contributed by atoms with Gasteiger partial charge in [0.25, 0.3) is 5.91 Å². The molecule has 10 nitrogen and oxygen atoms in total. The molecule has 0 bridgehead atoms. The second-order valence-corrected chi connectivity index (χ2v) is 9.81. The molecule has 4 aromatic heterocycles. The fourth-order valence-electron chi connectivity index (χ4n) is 4.87. The Hall–Kier alpha value is -4.31. The van der Waals surface area contributed by atoms with Gasteiger partial charge >= 0.3 is 0 Å². The summed E-state index contributed by atoms with van der Waals surface area (Å²) in [6.45, 7) is 5.16. The summed E-state index contributed by atoms with van der Waals surface area (Å²) < 4.78 is 9.05. The SMILES string of the molecule is Cc1ccc(-c2noc(CCN3CCCCC3)n2)cc1NC(=O)c1cnc2cc(-c3ccn(C)n3)ccn12. The highest BCUT2D eigenvalue weighted by Gasteiger charge is 2.17. The van der Waals surface area contributed by atoms with Gasteiger partial charge in [-0.3, -0.25) is 13.9 Å². The summed E-state index contributed by atoms with van der Waals surface area (Å²) in [5.74, 6) is 0.900. The number of nitrogens with one attached hydrogen (secondary N) is 1. The van der Waals surface area contributed by atoms with Crippen LogP contribution >= 0.6 is 0 Å². The lowest BCUT2D eigenvalue weighted by Crippen LogP contribution is -2.31. The van der Waals surface area contributed by atoms with Crippen LogP contribution in [-0.2, 0) is 13.5 Å². The number of benzene rings is 1. The first-order chi connectivity index (χ1) is 18.5. The molecule has 1 aromatic carbocycles. The Bertz CT molecular complexity index is 1590. The summed E-state index contributed by atoms with van der Waals surface area (Å²) in [6.07, 6.45) is 9.89. The number of hydrogen-bond acceptors (Lipinski definition) is 7. The van der Waals surface area contributed by atoms with E-state index in [0.717, 1.165) is 48.4 Å². The van der Waals surface area contributed by atoms with Gasteiger partial charge in [-0.25, -0.2) is 4.98 Å². The minimum Gasteiger partial charge on any atom is -0.339 e. The number of nitrogens with zero attached hydrogens (tertiary/aromatic N) is 7. The summed E-state index contributed by atoms with van der Waals surface area (Å²) in [4.78, 5) is 24.7. The molecule has 1 fully saturated rings. The molecule has 38 heavy (non-hydrogen) atoms. The summed E-state index contributed by atoms with van der Waals surface area (Å²) in [5, 5.41) is 11.7. The predicted molar refractivity (Wildman–Crippen MR) is 144 cm³/mol. The van der Waals surface area contributed by atoms with Crippen LogP contribution in [-0.4, -0.2) is 59.7 Å². The number of likely N-dealkylation sites (tertiary alicyclic amines) is 1. The third-order valence-corrected chi connectivity index (χ3v) is 7.06. The third kappa shape index (κ3) is 4.95. The predicted octanol–water partition coefficient (Wildman–Crippen LogP) is 4.37. The first kappa shape index (κ1) is 24.1. The van der Waals surface area contributed by atoms with E-state index in [1.165, 1.54) is 19.3 Å². The molecule has 0 aliphatic carbocycles. The monoisotopic (exact) mass is 510 g/mol. The van der Waals surface area contributed by atoms with Gasteiger partial charge in [-0.2, -0.15) is 10.1 Å². The van der Waals surface area contributed by atoms with Crippen molar-refractivity contribution in [3.63, 3.8) is 0 Å². The molecule has 0 unspecified atom stereocenters. The van der Waals surface area contributed by atoms with E-state index in [1.54, 1.807) is 15.3 Å². The summed E-state index contributed by atoms with van der Waals surface area (Å²) in [6, 6.07) is 11.6. The Balaban J connectivity index is 1.17. The van der Waals surface area contributed by atoms with Gasteiger partial charge in [0.2, 0.25) is 11.7 Å². The van der Waals surface area contributed by atoms with Crippen molar-refractivity contribution in [3.8, 4) is 22.6 Å². The van der Waals surface area contributed by atoms with Gasteiger partial charge < -0.3 is 14.7 Å². The van der Waals surface area contributed by atoms with Gasteiger partial charge in [0, 0.05) is 49.2 Å². The number of aromatic nitrogens is 6. The second kappa shape index (κ2) is 10.2. The zero-order valence-corrected chi connectivity index (χ0v) is 21.6. The van der Waals surface area contributed by atoms with Gasteiger partial charge in [0.15, 0.2) is 0 Å². The van der Waals surface area contributed by atoms with Gasteiger partial charge in [0.1, 0.15) is 11.3 Å². The summed E-state index contributed by atoms with van der Waals surface area (Å²) >= 11 is 0. The van der Waals surface area contributed by atoms with Crippen LogP contribution in [0.3, 0.4) is 0 Å². The van der Waals surface area contributed by atoms with Gasteiger partial charge in [-0.15, -0.1) is 0 Å². The van der Waals surface area contributed by atoms with Crippen LogP contribution in [0.2, 0.25) is 0 Å². The molecule has 1 aliphatic rings. The van der Waals surface area contributed by atoms with Crippen LogP contribution in [0.15, 0.2) is 59.5 Å². The van der Waals surface area contributed by atoms with Crippen LogP contribution in [0, 0.1) is 6.92 Å². The lowest BCUT2D eigenvalue weighted by molar-refractivity contribution is 0.102. The van der Waals surface area contributed by atoms with E-state index in [-0.39, 0.29) is 5.91 Å². The minimum absolute atomic E-state index is 0.251. The van der Waals surface area contributed by atoms with E-state index < -0.39 is 0 Å². The number of piperidine rings is 1. The Kier molecular flexibility index (Phi) is 6.47. The van der Waals surface area contributed by atoms with E-state index >= 15 is 0 Å². The van der Waals surface area contributed by atoms with E-state index in [0.29, 0.717) is 28.7 Å². The molecule has 10 heteroatoms. The Morgan fingerprint density at radius 2 is 1.92 bits per heavy atom. The highest BCUT2D eigenvalue weighted by Crippen LogP contribution is 2.25. The zero-order valence-electron chi connectivity index (χ0n) is 21.6. The van der Waals surface area contributed by atoms with Crippen LogP contribution in [0.5, 0.6) is 0 Å². The molecule has 1 N–H and O–H groups in total. The normalized spacial score (nSPS) is 14.3. The minimum atomic E-state index is -0.251. The quantitative estimate of drug-likeness (QED) is 0.346. The van der Waals surface area contributed by atoms with E-state index in [2.05, 4.69) is 30.4 Å². The summed E-state index contributed by atoms with van der Waals surface area (Å²) in [7, 11) is 1.88. The fourth-order valence-corrected chi connectivity index (χ4v) is 4.87. The number of carbonyl (C=O) groups excluding carboxylic acids is 1. The van der Waals surface area contributed by atoms with Gasteiger partial charge in [-0.1, -0.05) is 23.7 Å². The number of anilines is 1. The van der Waals surface area contributed by atoms with E-state index in [9.17, 15) is 4.79 Å². The lowest BCUT2D eigenvalue weighted by Gasteiger charge is -2.25. The lowest BCUT2D eigenvalue weighted by atomic mass is 10.1. The van der Waals surface area contributed by atoms with E-state index in [4.69, 9.17) is 4.52 Å². The number of hydrogen-bond donors (Lipinski definition) is 1. The standard InChI is InChI=1S/C28H30N8O2/c1-19-6-7-21(27-31-26(38-33-27)10-14-35-11-4-3-5-12-35)16-23(19)30-28(37)24-18-29-25-17-20(8-15-36(24)25)22-9-13-34(2)32-22/h6-9,13,15-18H,3-5,10-12,14H2,1-2H3,(H,30,37). The van der Waals surface area contributed by atoms with Crippen molar-refractivity contribution >= 4 is 17.2 Å². The largest absolute Gasteiger partial charge is 0.339 e. The highest BCUT2D eigenvalue weighted by molar-refractivity contribution is 6.04. The van der Waals surface area contributed by atoms with Crippen molar-refractivity contribution in [1.82, 2.24) is 34.2 Å². The maximum Gasteiger partial charge on any atom is 0.274 e. The molecule has 1 amide bonds. The Morgan fingerprint density at radius 1 is 1.05 bits per heavy atom. The highest BCUT2D eigenvalue weighted by atomic mass is 16.5. The summed E-state index contributed by atoms with van der Waals surface area (Å²) in [5.41, 5.74) is 5.32. The number of carbonyl (C=O) groups is 1. The number of imidazole rings is 1. The van der Waals surface area contributed by atoms with Crippen molar-refractivity contribution in [3.05, 3.63) is 72.1 Å². The second-order valence-electron chi connectivity index (χ2n) is 9.81. The number of rotatable bonds is 7. The maximum absolute atomic E-state index is 13.2. The molecule has 5 heterocycles. The molecule has 0 atom stereocenters. The molecule has 6 rings (SSSR count). The van der Waals surface area contributed by atoms with Crippen molar-refractivity contribution in [2.75, 3.05) is 25.0 Å². The smallest absolute Gasteiger partial charge is 0.274 e. The first-order valence-corrected chi connectivity index (χ1v) is 13.0. The number of fused-ring (bicyclic) bond motifs is 1. The zero-order chi connectivity index (χ0) is 26.1. The van der Waals surface area contributed by atoms with Crippen molar-refractivity contribution < 1.29 is 9.32 Å².